The summed E-state index contributed by atoms with van der Waals surface area (Å²) in [6.07, 6.45) is 3.33. The Hall–Kier alpha value is -2.28. The quantitative estimate of drug-likeness (QED) is 0.673. The molecule has 2 aromatic rings. The van der Waals surface area contributed by atoms with E-state index in [4.69, 9.17) is 0 Å². The van der Waals surface area contributed by atoms with Gasteiger partial charge in [0.1, 0.15) is 5.82 Å². The van der Waals surface area contributed by atoms with Gasteiger partial charge in [-0.15, -0.1) is 0 Å². The molecule has 1 aliphatic heterocycles. The predicted molar refractivity (Wildman–Crippen MR) is 103 cm³/mol. The average Bonchev–Trinajstić information content (AvgIpc) is 3.29. The molecular formula is C20H22FN3O2S. The summed E-state index contributed by atoms with van der Waals surface area (Å²) in [5, 5.41) is 0.612. The van der Waals surface area contributed by atoms with Crippen molar-refractivity contribution in [3.8, 4) is 0 Å². The summed E-state index contributed by atoms with van der Waals surface area (Å²) in [5.41, 5.74) is 1.60. The van der Waals surface area contributed by atoms with E-state index < -0.39 is 0 Å². The van der Waals surface area contributed by atoms with E-state index >= 15 is 0 Å². The van der Waals surface area contributed by atoms with Crippen LogP contribution < -0.4 is 4.90 Å². The minimum Gasteiger partial charge on any atom is -0.322 e. The normalized spacial score (nSPS) is 17.0. The van der Waals surface area contributed by atoms with Crippen molar-refractivity contribution in [2.24, 2.45) is 5.92 Å². The lowest BCUT2D eigenvalue weighted by atomic mass is 10.1. The van der Waals surface area contributed by atoms with E-state index in [-0.39, 0.29) is 17.6 Å². The molecule has 4 rings (SSSR count). The number of nitrogens with zero attached hydrogens (tertiary/aromatic N) is 3. The summed E-state index contributed by atoms with van der Waals surface area (Å²) in [7, 11) is 0. The zero-order valence-corrected chi connectivity index (χ0v) is 16.1. The number of rotatable bonds is 7. The van der Waals surface area contributed by atoms with Crippen LogP contribution in [-0.4, -0.2) is 41.3 Å². The topological polar surface area (TPSA) is 53.5 Å². The van der Waals surface area contributed by atoms with Gasteiger partial charge in [-0.05, 0) is 49.8 Å². The summed E-state index contributed by atoms with van der Waals surface area (Å²) < 4.78 is 13.0. The largest absolute Gasteiger partial charge is 0.326 e. The number of benzene rings is 1. The second-order valence-electron chi connectivity index (χ2n) is 7.28. The fourth-order valence-corrected chi connectivity index (χ4v) is 4.37. The maximum absolute atomic E-state index is 13.0. The Balaban J connectivity index is 1.40. The highest BCUT2D eigenvalue weighted by Crippen LogP contribution is 2.33. The van der Waals surface area contributed by atoms with Gasteiger partial charge in [-0.2, -0.15) is 0 Å². The lowest BCUT2D eigenvalue weighted by Crippen LogP contribution is -2.33. The Bertz CT molecular complexity index is 861. The van der Waals surface area contributed by atoms with Crippen LogP contribution in [0.3, 0.4) is 0 Å². The molecule has 0 radical (unpaired) electrons. The number of ketones is 1. The third kappa shape index (κ3) is 4.03. The molecule has 0 bridgehead atoms. The van der Waals surface area contributed by atoms with Crippen LogP contribution >= 0.6 is 11.3 Å². The molecule has 2 fully saturated rings. The summed E-state index contributed by atoms with van der Waals surface area (Å²) >= 11 is 1.30. The van der Waals surface area contributed by atoms with E-state index in [1.165, 1.54) is 36.3 Å². The van der Waals surface area contributed by atoms with Gasteiger partial charge >= 0.3 is 6.03 Å². The highest BCUT2D eigenvalue weighted by Gasteiger charge is 2.35. The molecule has 2 amide bonds. The fraction of sp³-hybridized carbons (Fsp3) is 0.450. The molecule has 2 heterocycles. The van der Waals surface area contributed by atoms with Gasteiger partial charge in [0.25, 0.3) is 0 Å². The van der Waals surface area contributed by atoms with Gasteiger partial charge < -0.3 is 4.90 Å². The minimum atomic E-state index is -0.279. The number of urea groups is 1. The van der Waals surface area contributed by atoms with Crippen LogP contribution in [0.2, 0.25) is 0 Å². The van der Waals surface area contributed by atoms with Crippen LogP contribution in [0.5, 0.6) is 0 Å². The van der Waals surface area contributed by atoms with E-state index in [0.717, 1.165) is 18.7 Å². The van der Waals surface area contributed by atoms with Crippen LogP contribution in [0.15, 0.2) is 24.3 Å². The van der Waals surface area contributed by atoms with E-state index in [0.29, 0.717) is 41.0 Å². The summed E-state index contributed by atoms with van der Waals surface area (Å²) in [4.78, 5) is 33.9. The number of amides is 2. The Morgan fingerprint density at radius 2 is 2.00 bits per heavy atom. The number of hydrogen-bond acceptors (Lipinski definition) is 4. The molecule has 1 aromatic carbocycles. The molecule has 7 heteroatoms. The molecule has 27 heavy (non-hydrogen) atoms. The molecule has 1 saturated heterocycles. The first-order valence-electron chi connectivity index (χ1n) is 9.33. The van der Waals surface area contributed by atoms with Gasteiger partial charge in [-0.1, -0.05) is 23.5 Å². The van der Waals surface area contributed by atoms with Gasteiger partial charge in [-0.25, -0.2) is 14.2 Å². The third-order valence-corrected chi connectivity index (χ3v) is 6.32. The van der Waals surface area contributed by atoms with Gasteiger partial charge in [0, 0.05) is 26.1 Å². The minimum absolute atomic E-state index is 0.000890. The second kappa shape index (κ2) is 7.38. The van der Waals surface area contributed by atoms with Crippen molar-refractivity contribution in [1.82, 2.24) is 9.88 Å². The first kappa shape index (κ1) is 18.1. The number of anilines is 1. The zero-order chi connectivity index (χ0) is 19.0. The maximum Gasteiger partial charge on any atom is 0.326 e. The van der Waals surface area contributed by atoms with Crippen LogP contribution in [0, 0.1) is 18.7 Å². The number of thiazole rings is 1. The molecule has 0 N–H and O–H groups in total. The van der Waals surface area contributed by atoms with E-state index in [1.807, 2.05) is 11.8 Å². The molecule has 0 atom stereocenters. The molecule has 0 spiro atoms. The second-order valence-corrected chi connectivity index (χ2v) is 8.26. The van der Waals surface area contributed by atoms with Gasteiger partial charge in [0.05, 0.1) is 10.6 Å². The summed E-state index contributed by atoms with van der Waals surface area (Å²) in [6.45, 7) is 4.00. The monoisotopic (exact) mass is 387 g/mol. The number of aryl methyl sites for hydroxylation is 2. The molecule has 142 valence electrons. The molecule has 2 aliphatic rings. The number of Topliss-reactive ketones (excluding diaryl/α,β-unsaturated/α-hetero) is 1. The van der Waals surface area contributed by atoms with Crippen molar-refractivity contribution in [3.05, 3.63) is 46.2 Å². The average molecular weight is 387 g/mol. The number of carbonyl (C=O) groups excluding carboxylic acids is 2. The highest BCUT2D eigenvalue weighted by atomic mass is 32.1. The molecule has 1 aliphatic carbocycles. The Kier molecular flexibility index (Phi) is 4.95. The van der Waals surface area contributed by atoms with Gasteiger partial charge in [0.15, 0.2) is 10.9 Å². The van der Waals surface area contributed by atoms with Crippen molar-refractivity contribution >= 4 is 28.3 Å². The van der Waals surface area contributed by atoms with Crippen molar-refractivity contribution in [3.63, 3.8) is 0 Å². The standard InChI is InChI=1S/C20H22FN3O2S/c1-13-18(17(25)9-6-14-4-7-16(21)8-5-14)27-19(22-13)24-11-10-23(20(24)26)12-15-2-3-15/h4-5,7-8,15H,2-3,6,9-12H2,1H3. The van der Waals surface area contributed by atoms with Crippen molar-refractivity contribution in [1.29, 1.82) is 0 Å². The molecule has 1 saturated carbocycles. The fourth-order valence-electron chi connectivity index (χ4n) is 3.32. The number of carbonyl (C=O) groups is 2. The van der Waals surface area contributed by atoms with Crippen LogP contribution in [0.25, 0.3) is 0 Å². The first-order valence-corrected chi connectivity index (χ1v) is 10.1. The summed E-state index contributed by atoms with van der Waals surface area (Å²) in [6, 6.07) is 6.21. The Morgan fingerprint density at radius 1 is 1.26 bits per heavy atom. The van der Waals surface area contributed by atoms with Gasteiger partial charge in [0.2, 0.25) is 0 Å². The van der Waals surface area contributed by atoms with E-state index in [9.17, 15) is 14.0 Å². The molecular weight excluding hydrogens is 365 g/mol. The number of halogens is 1. The van der Waals surface area contributed by atoms with Crippen LogP contribution in [0.1, 0.15) is 40.2 Å². The van der Waals surface area contributed by atoms with Crippen LogP contribution in [0.4, 0.5) is 14.3 Å². The first-order chi connectivity index (χ1) is 13.0. The highest BCUT2D eigenvalue weighted by molar-refractivity contribution is 7.17. The number of hydrogen-bond donors (Lipinski definition) is 0. The molecule has 0 unspecified atom stereocenters. The molecule has 5 nitrogen and oxygen atoms in total. The number of aromatic nitrogens is 1. The Morgan fingerprint density at radius 3 is 2.70 bits per heavy atom. The Labute approximate surface area is 161 Å². The summed E-state index contributed by atoms with van der Waals surface area (Å²) in [5.74, 6) is 0.400. The van der Waals surface area contributed by atoms with E-state index in [2.05, 4.69) is 4.98 Å². The van der Waals surface area contributed by atoms with Gasteiger partial charge in [-0.3, -0.25) is 9.69 Å². The van der Waals surface area contributed by atoms with Crippen molar-refractivity contribution in [2.45, 2.75) is 32.6 Å². The van der Waals surface area contributed by atoms with Crippen LogP contribution in [-0.2, 0) is 6.42 Å². The smallest absolute Gasteiger partial charge is 0.322 e. The molecule has 1 aromatic heterocycles. The lowest BCUT2D eigenvalue weighted by molar-refractivity contribution is 0.0986. The zero-order valence-electron chi connectivity index (χ0n) is 15.3. The van der Waals surface area contributed by atoms with Crippen molar-refractivity contribution < 1.29 is 14.0 Å². The van der Waals surface area contributed by atoms with Crippen molar-refractivity contribution in [2.75, 3.05) is 24.5 Å². The third-order valence-electron chi connectivity index (χ3n) is 5.09. The predicted octanol–water partition coefficient (Wildman–Crippen LogP) is 4.06. The maximum atomic E-state index is 13.0. The van der Waals surface area contributed by atoms with E-state index in [1.54, 1.807) is 17.0 Å². The SMILES string of the molecule is Cc1nc(N2CCN(CC3CC3)C2=O)sc1C(=O)CCc1ccc(F)cc1. The lowest BCUT2D eigenvalue weighted by Gasteiger charge is -2.16.